The van der Waals surface area contributed by atoms with Crippen molar-refractivity contribution in [2.75, 3.05) is 5.73 Å². The molecule has 102 valence electrons. The van der Waals surface area contributed by atoms with Crippen molar-refractivity contribution in [3.05, 3.63) is 44.6 Å². The molecule has 4 heteroatoms. The van der Waals surface area contributed by atoms with E-state index in [9.17, 15) is 0 Å². The summed E-state index contributed by atoms with van der Waals surface area (Å²) in [6.07, 6.45) is 0. The van der Waals surface area contributed by atoms with E-state index in [1.165, 1.54) is 0 Å². The Morgan fingerprint density at radius 3 is 2.63 bits per heavy atom. The van der Waals surface area contributed by atoms with Crippen LogP contribution in [-0.2, 0) is 6.61 Å². The Hall–Kier alpha value is -1.19. The molecule has 1 aromatic carbocycles. The summed E-state index contributed by atoms with van der Waals surface area (Å²) in [4.78, 5) is 1.12. The van der Waals surface area contributed by atoms with Crippen LogP contribution in [0.15, 0.2) is 24.3 Å². The van der Waals surface area contributed by atoms with Gasteiger partial charge >= 0.3 is 0 Å². The first-order valence-corrected chi connectivity index (χ1v) is 7.44. The lowest BCUT2D eigenvalue weighted by atomic mass is 9.99. The van der Waals surface area contributed by atoms with Crippen molar-refractivity contribution in [3.8, 4) is 5.75 Å². The van der Waals surface area contributed by atoms with E-state index in [-0.39, 0.29) is 0 Å². The second-order valence-electron chi connectivity index (χ2n) is 4.90. The number of halogens is 1. The Kier molecular flexibility index (Phi) is 4.38. The number of hydrogen-bond acceptors (Lipinski definition) is 3. The van der Waals surface area contributed by atoms with Gasteiger partial charge in [0.15, 0.2) is 0 Å². The largest absolute Gasteiger partial charge is 0.488 e. The molecule has 0 fully saturated rings. The summed E-state index contributed by atoms with van der Waals surface area (Å²) in [5.74, 6) is 1.29. The van der Waals surface area contributed by atoms with Crippen molar-refractivity contribution >= 4 is 28.6 Å². The normalized spacial score (nSPS) is 11.0. The molecule has 2 nitrogen and oxygen atoms in total. The molecule has 0 spiro atoms. The van der Waals surface area contributed by atoms with Crippen molar-refractivity contribution in [2.45, 2.75) is 33.3 Å². The van der Waals surface area contributed by atoms with Gasteiger partial charge in [0.05, 0.1) is 4.34 Å². The second kappa shape index (κ2) is 5.85. The third-order valence-corrected chi connectivity index (χ3v) is 4.22. The number of rotatable bonds is 4. The summed E-state index contributed by atoms with van der Waals surface area (Å²) in [7, 11) is 0. The van der Waals surface area contributed by atoms with E-state index in [0.29, 0.717) is 12.5 Å². The Balaban J connectivity index is 2.21. The van der Waals surface area contributed by atoms with Gasteiger partial charge in [-0.25, -0.2) is 0 Å². The Labute approximate surface area is 123 Å². The quantitative estimate of drug-likeness (QED) is 0.806. The zero-order valence-corrected chi connectivity index (χ0v) is 12.9. The maximum atomic E-state index is 5.97. The number of nitrogens with two attached hydrogens (primary N) is 1. The molecule has 0 aliphatic rings. The molecule has 1 aromatic heterocycles. The molecule has 2 aromatic rings. The standard InChI is InChI=1S/C15H18ClNOS/c1-9(2)12-7-13(17)10(3)6-14(12)18-8-11-4-5-15(16)19-11/h4-7,9H,8,17H2,1-3H3. The Morgan fingerprint density at radius 1 is 1.32 bits per heavy atom. The van der Waals surface area contributed by atoms with Gasteiger partial charge in [0, 0.05) is 10.6 Å². The third-order valence-electron chi connectivity index (χ3n) is 3.02. The minimum atomic E-state index is 0.379. The lowest BCUT2D eigenvalue weighted by molar-refractivity contribution is 0.305. The Bertz CT molecular complexity index is 578. The number of thiophene rings is 1. The van der Waals surface area contributed by atoms with E-state index in [4.69, 9.17) is 22.1 Å². The predicted molar refractivity (Wildman–Crippen MR) is 83.3 cm³/mol. The predicted octanol–water partition coefficient (Wildman–Crippen LogP) is 4.99. The van der Waals surface area contributed by atoms with Crippen LogP contribution in [0.5, 0.6) is 5.75 Å². The minimum Gasteiger partial charge on any atom is -0.488 e. The van der Waals surface area contributed by atoms with Crippen LogP contribution >= 0.6 is 22.9 Å². The number of nitrogen functional groups attached to an aromatic ring is 1. The van der Waals surface area contributed by atoms with Crippen LogP contribution in [0.1, 0.15) is 35.8 Å². The average molecular weight is 296 g/mol. The molecule has 1 heterocycles. The number of anilines is 1. The third kappa shape index (κ3) is 3.43. The molecule has 2 N–H and O–H groups in total. The molecule has 0 radical (unpaired) electrons. The second-order valence-corrected chi connectivity index (χ2v) is 6.70. The Morgan fingerprint density at radius 2 is 2.05 bits per heavy atom. The van der Waals surface area contributed by atoms with Gasteiger partial charge in [-0.15, -0.1) is 11.3 Å². The molecule has 0 unspecified atom stereocenters. The van der Waals surface area contributed by atoms with Crippen LogP contribution in [0.3, 0.4) is 0 Å². The zero-order valence-electron chi connectivity index (χ0n) is 11.4. The fourth-order valence-electron chi connectivity index (χ4n) is 1.87. The lowest BCUT2D eigenvalue weighted by Crippen LogP contribution is -2.01. The van der Waals surface area contributed by atoms with Gasteiger partial charge < -0.3 is 10.5 Å². The average Bonchev–Trinajstić information content (AvgIpc) is 2.76. The molecule has 0 aliphatic carbocycles. The molecular weight excluding hydrogens is 278 g/mol. The van der Waals surface area contributed by atoms with Crippen molar-refractivity contribution < 1.29 is 4.74 Å². The van der Waals surface area contributed by atoms with E-state index in [1.807, 2.05) is 31.2 Å². The number of ether oxygens (including phenoxy) is 1. The summed E-state index contributed by atoms with van der Waals surface area (Å²) < 4.78 is 6.72. The van der Waals surface area contributed by atoms with Crippen molar-refractivity contribution in [2.24, 2.45) is 0 Å². The van der Waals surface area contributed by atoms with Gasteiger partial charge in [-0.05, 0) is 48.2 Å². The molecule has 2 rings (SSSR count). The highest BCUT2D eigenvalue weighted by molar-refractivity contribution is 7.16. The highest BCUT2D eigenvalue weighted by Gasteiger charge is 2.11. The van der Waals surface area contributed by atoms with Crippen molar-refractivity contribution in [3.63, 3.8) is 0 Å². The zero-order chi connectivity index (χ0) is 14.0. The van der Waals surface area contributed by atoms with Crippen LogP contribution in [0.25, 0.3) is 0 Å². The summed E-state index contributed by atoms with van der Waals surface area (Å²) in [6.45, 7) is 6.81. The first-order chi connectivity index (χ1) is 8.97. The molecule has 0 saturated heterocycles. The van der Waals surface area contributed by atoms with E-state index < -0.39 is 0 Å². The van der Waals surface area contributed by atoms with Crippen molar-refractivity contribution in [1.82, 2.24) is 0 Å². The summed E-state index contributed by atoms with van der Waals surface area (Å²) >= 11 is 7.46. The van der Waals surface area contributed by atoms with E-state index >= 15 is 0 Å². The maximum Gasteiger partial charge on any atom is 0.123 e. The molecule has 0 bridgehead atoms. The molecule has 0 amide bonds. The van der Waals surface area contributed by atoms with Gasteiger partial charge in [0.25, 0.3) is 0 Å². The topological polar surface area (TPSA) is 35.2 Å². The first-order valence-electron chi connectivity index (χ1n) is 6.24. The SMILES string of the molecule is Cc1cc(OCc2ccc(Cl)s2)c(C(C)C)cc1N. The van der Waals surface area contributed by atoms with Crippen LogP contribution in [0.2, 0.25) is 4.34 Å². The number of hydrogen-bond donors (Lipinski definition) is 1. The fraction of sp³-hybridized carbons (Fsp3) is 0.333. The molecule has 19 heavy (non-hydrogen) atoms. The van der Waals surface area contributed by atoms with Crippen LogP contribution in [0, 0.1) is 6.92 Å². The summed E-state index contributed by atoms with van der Waals surface area (Å²) in [5, 5.41) is 0. The fourth-order valence-corrected chi connectivity index (χ4v) is 2.87. The van der Waals surface area contributed by atoms with Gasteiger partial charge in [-0.1, -0.05) is 25.4 Å². The lowest BCUT2D eigenvalue weighted by Gasteiger charge is -2.16. The monoisotopic (exact) mass is 295 g/mol. The molecule has 0 saturated carbocycles. The number of benzene rings is 1. The highest BCUT2D eigenvalue weighted by atomic mass is 35.5. The van der Waals surface area contributed by atoms with Crippen LogP contribution in [-0.4, -0.2) is 0 Å². The van der Waals surface area contributed by atoms with Crippen LogP contribution in [0.4, 0.5) is 5.69 Å². The summed E-state index contributed by atoms with van der Waals surface area (Å²) in [5.41, 5.74) is 8.97. The smallest absolute Gasteiger partial charge is 0.123 e. The highest BCUT2D eigenvalue weighted by Crippen LogP contribution is 2.32. The van der Waals surface area contributed by atoms with Gasteiger partial charge in [0.1, 0.15) is 12.4 Å². The van der Waals surface area contributed by atoms with E-state index in [1.54, 1.807) is 11.3 Å². The van der Waals surface area contributed by atoms with Crippen molar-refractivity contribution in [1.29, 1.82) is 0 Å². The van der Waals surface area contributed by atoms with Gasteiger partial charge in [0.2, 0.25) is 0 Å². The molecular formula is C15H18ClNOS. The minimum absolute atomic E-state index is 0.379. The number of aryl methyl sites for hydroxylation is 1. The maximum absolute atomic E-state index is 5.97. The van der Waals surface area contributed by atoms with E-state index in [0.717, 1.165) is 31.8 Å². The van der Waals surface area contributed by atoms with Gasteiger partial charge in [-0.2, -0.15) is 0 Å². The summed E-state index contributed by atoms with van der Waals surface area (Å²) in [6, 6.07) is 7.91. The van der Waals surface area contributed by atoms with Gasteiger partial charge in [-0.3, -0.25) is 0 Å². The van der Waals surface area contributed by atoms with E-state index in [2.05, 4.69) is 13.8 Å². The molecule has 0 aliphatic heterocycles. The molecule has 0 atom stereocenters. The van der Waals surface area contributed by atoms with Crippen LogP contribution < -0.4 is 10.5 Å². The first kappa shape index (κ1) is 14.2.